The molecule has 0 bridgehead atoms. The number of rotatable bonds is 2. The number of carbonyl (C=O) groups excluding carboxylic acids is 1. The van der Waals surface area contributed by atoms with Crippen LogP contribution < -0.4 is 10.5 Å². The van der Waals surface area contributed by atoms with Gasteiger partial charge in [-0.3, -0.25) is 4.79 Å². The lowest BCUT2D eigenvalue weighted by Gasteiger charge is -2.43. The first-order valence-electron chi connectivity index (χ1n) is 9.90. The summed E-state index contributed by atoms with van der Waals surface area (Å²) in [7, 11) is 4.26. The fourth-order valence-electron chi connectivity index (χ4n) is 4.43. The van der Waals surface area contributed by atoms with Crippen molar-refractivity contribution in [1.29, 1.82) is 0 Å². The third kappa shape index (κ3) is 3.56. The molecule has 0 saturated heterocycles. The molecule has 0 atom stereocenters. The zero-order valence-corrected chi connectivity index (χ0v) is 16.6. The molecule has 1 spiro atoms. The third-order valence-electron chi connectivity index (χ3n) is 6.09. The van der Waals surface area contributed by atoms with Crippen molar-refractivity contribution in [3.05, 3.63) is 53.7 Å². The molecule has 1 fully saturated rings. The van der Waals surface area contributed by atoms with Crippen molar-refractivity contribution < 1.29 is 9.53 Å². The molecular formula is C22H28N4O2. The van der Waals surface area contributed by atoms with E-state index < -0.39 is 0 Å². The predicted octanol–water partition coefficient (Wildman–Crippen LogP) is 2.94. The Bertz CT molecular complexity index is 859. The minimum atomic E-state index is -0.355. The number of ether oxygens (including phenoxy) is 1. The van der Waals surface area contributed by atoms with Gasteiger partial charge in [-0.1, -0.05) is 18.2 Å². The second kappa shape index (κ2) is 7.43. The van der Waals surface area contributed by atoms with Crippen LogP contribution in [0.5, 0.6) is 5.75 Å². The quantitative estimate of drug-likeness (QED) is 0.867. The lowest BCUT2D eigenvalue weighted by Crippen LogP contribution is -2.51. The van der Waals surface area contributed by atoms with Gasteiger partial charge in [-0.25, -0.2) is 4.98 Å². The van der Waals surface area contributed by atoms with Gasteiger partial charge in [0.05, 0.1) is 12.1 Å². The molecule has 28 heavy (non-hydrogen) atoms. The van der Waals surface area contributed by atoms with E-state index in [4.69, 9.17) is 10.5 Å². The first-order valence-corrected chi connectivity index (χ1v) is 9.90. The van der Waals surface area contributed by atoms with E-state index in [1.54, 1.807) is 18.3 Å². The molecule has 6 heteroatoms. The number of benzene rings is 1. The smallest absolute Gasteiger partial charge is 0.258 e. The Labute approximate surface area is 166 Å². The number of pyridine rings is 1. The number of carbonyl (C=O) groups is 1. The van der Waals surface area contributed by atoms with Gasteiger partial charge in [0, 0.05) is 24.3 Å². The van der Waals surface area contributed by atoms with Gasteiger partial charge in [-0.2, -0.15) is 0 Å². The number of hydrogen-bond acceptors (Lipinski definition) is 5. The average Bonchev–Trinajstić information content (AvgIpc) is 2.85. The van der Waals surface area contributed by atoms with E-state index in [1.165, 1.54) is 0 Å². The number of hydrogen-bond donors (Lipinski definition) is 1. The van der Waals surface area contributed by atoms with Gasteiger partial charge in [0.25, 0.3) is 5.91 Å². The van der Waals surface area contributed by atoms with Crippen LogP contribution in [-0.4, -0.2) is 53.0 Å². The molecule has 2 N–H and O–H groups in total. The molecule has 1 aromatic carbocycles. The highest BCUT2D eigenvalue weighted by Crippen LogP contribution is 2.39. The largest absolute Gasteiger partial charge is 0.485 e. The van der Waals surface area contributed by atoms with Crippen LogP contribution in [0.1, 0.15) is 41.6 Å². The summed E-state index contributed by atoms with van der Waals surface area (Å²) in [6.07, 6.45) is 5.59. The zero-order chi connectivity index (χ0) is 19.7. The number of para-hydroxylation sites is 1. The molecule has 1 aliphatic heterocycles. The molecule has 2 heterocycles. The molecule has 2 aromatic rings. The molecule has 4 rings (SSSR count). The Kier molecular flexibility index (Phi) is 4.98. The first-order chi connectivity index (χ1) is 13.5. The van der Waals surface area contributed by atoms with Crippen LogP contribution in [0.15, 0.2) is 42.6 Å². The van der Waals surface area contributed by atoms with Gasteiger partial charge in [0.2, 0.25) is 0 Å². The highest BCUT2D eigenvalue weighted by atomic mass is 16.5. The monoisotopic (exact) mass is 380 g/mol. The average molecular weight is 380 g/mol. The summed E-state index contributed by atoms with van der Waals surface area (Å²) < 4.78 is 6.60. The standard InChI is InChI=1S/C22H28N4O2/c1-25(2)17-9-11-22(12-10-17)15-26(14-16-6-3-4-8-19(16)28-22)21(27)18-7-5-13-24-20(18)23/h3-8,13,17H,9-12,14-15H2,1-2H3,(H2,23,24). The second-order valence-corrected chi connectivity index (χ2v) is 8.19. The molecule has 148 valence electrons. The Morgan fingerprint density at radius 2 is 1.96 bits per heavy atom. The number of nitrogens with two attached hydrogens (primary N) is 1. The summed E-state index contributed by atoms with van der Waals surface area (Å²) >= 11 is 0. The maximum Gasteiger partial charge on any atom is 0.258 e. The van der Waals surface area contributed by atoms with E-state index in [2.05, 4.69) is 24.0 Å². The fourth-order valence-corrected chi connectivity index (χ4v) is 4.43. The molecule has 6 nitrogen and oxygen atoms in total. The van der Waals surface area contributed by atoms with Crippen molar-refractivity contribution >= 4 is 11.7 Å². The van der Waals surface area contributed by atoms with E-state index in [0.29, 0.717) is 24.7 Å². The van der Waals surface area contributed by atoms with Gasteiger partial charge in [0.15, 0.2) is 0 Å². The number of amides is 1. The van der Waals surface area contributed by atoms with Gasteiger partial charge in [-0.05, 0) is 58.0 Å². The minimum absolute atomic E-state index is 0.0833. The first kappa shape index (κ1) is 18.7. The van der Waals surface area contributed by atoms with E-state index in [9.17, 15) is 4.79 Å². The van der Waals surface area contributed by atoms with Crippen LogP contribution in [0.2, 0.25) is 0 Å². The van der Waals surface area contributed by atoms with Crippen molar-refractivity contribution in [2.45, 2.75) is 43.9 Å². The normalized spacial score (nSPS) is 24.5. The summed E-state index contributed by atoms with van der Waals surface area (Å²) in [5.41, 5.74) is 7.12. The van der Waals surface area contributed by atoms with Gasteiger partial charge < -0.3 is 20.3 Å². The summed E-state index contributed by atoms with van der Waals surface area (Å²) in [6, 6.07) is 12.1. The summed E-state index contributed by atoms with van der Waals surface area (Å²) in [6.45, 7) is 1.08. The van der Waals surface area contributed by atoms with E-state index >= 15 is 0 Å². The van der Waals surface area contributed by atoms with Crippen molar-refractivity contribution in [2.24, 2.45) is 0 Å². The van der Waals surface area contributed by atoms with E-state index in [0.717, 1.165) is 37.0 Å². The zero-order valence-electron chi connectivity index (χ0n) is 16.6. The second-order valence-electron chi connectivity index (χ2n) is 8.19. The lowest BCUT2D eigenvalue weighted by atomic mass is 9.81. The highest BCUT2D eigenvalue weighted by Gasteiger charge is 2.42. The third-order valence-corrected chi connectivity index (χ3v) is 6.09. The van der Waals surface area contributed by atoms with Crippen LogP contribution in [0, 0.1) is 0 Å². The van der Waals surface area contributed by atoms with Crippen molar-refractivity contribution in [2.75, 3.05) is 26.4 Å². The van der Waals surface area contributed by atoms with Gasteiger partial charge in [0.1, 0.15) is 17.2 Å². The molecule has 2 aliphatic rings. The molecule has 0 unspecified atom stereocenters. The number of aromatic nitrogens is 1. The predicted molar refractivity (Wildman–Crippen MR) is 109 cm³/mol. The molecular weight excluding hydrogens is 352 g/mol. The molecule has 1 aliphatic carbocycles. The number of fused-ring (bicyclic) bond motifs is 1. The fraction of sp³-hybridized carbons (Fsp3) is 0.455. The Morgan fingerprint density at radius 3 is 2.68 bits per heavy atom. The SMILES string of the molecule is CN(C)C1CCC2(CC1)CN(C(=O)c1cccnc1N)Cc1ccccc1O2. The van der Waals surface area contributed by atoms with Crippen molar-refractivity contribution in [3.63, 3.8) is 0 Å². The Morgan fingerprint density at radius 1 is 1.21 bits per heavy atom. The maximum atomic E-state index is 13.3. The summed E-state index contributed by atoms with van der Waals surface area (Å²) in [4.78, 5) is 21.6. The Hall–Kier alpha value is -2.60. The molecule has 1 saturated carbocycles. The maximum absolute atomic E-state index is 13.3. The summed E-state index contributed by atoms with van der Waals surface area (Å²) in [5.74, 6) is 1.08. The number of nitrogens with zero attached hydrogens (tertiary/aromatic N) is 3. The van der Waals surface area contributed by atoms with E-state index in [1.807, 2.05) is 29.2 Å². The van der Waals surface area contributed by atoms with Crippen LogP contribution in [0.25, 0.3) is 0 Å². The van der Waals surface area contributed by atoms with Gasteiger partial charge in [-0.15, -0.1) is 0 Å². The van der Waals surface area contributed by atoms with Gasteiger partial charge >= 0.3 is 0 Å². The Balaban J connectivity index is 1.66. The topological polar surface area (TPSA) is 71.7 Å². The molecule has 1 amide bonds. The minimum Gasteiger partial charge on any atom is -0.485 e. The van der Waals surface area contributed by atoms with Crippen molar-refractivity contribution in [1.82, 2.24) is 14.8 Å². The number of anilines is 1. The molecule has 1 aromatic heterocycles. The van der Waals surface area contributed by atoms with E-state index in [-0.39, 0.29) is 17.3 Å². The summed E-state index contributed by atoms with van der Waals surface area (Å²) in [5, 5.41) is 0. The van der Waals surface area contributed by atoms with Crippen LogP contribution in [-0.2, 0) is 6.54 Å². The molecule has 0 radical (unpaired) electrons. The highest BCUT2D eigenvalue weighted by molar-refractivity contribution is 5.98. The lowest BCUT2D eigenvalue weighted by molar-refractivity contribution is -0.00926. The van der Waals surface area contributed by atoms with Crippen LogP contribution in [0.4, 0.5) is 5.82 Å². The van der Waals surface area contributed by atoms with Crippen molar-refractivity contribution in [3.8, 4) is 5.75 Å². The number of nitrogen functional groups attached to an aromatic ring is 1. The van der Waals surface area contributed by atoms with Crippen LogP contribution >= 0.6 is 0 Å². The van der Waals surface area contributed by atoms with Crippen LogP contribution in [0.3, 0.4) is 0 Å².